The van der Waals surface area contributed by atoms with E-state index < -0.39 is 0 Å². The lowest BCUT2D eigenvalue weighted by Crippen LogP contribution is -2.09. The Hall–Kier alpha value is -1.61. The second-order valence-electron chi connectivity index (χ2n) is 5.02. The fourth-order valence-corrected chi connectivity index (χ4v) is 2.26. The van der Waals surface area contributed by atoms with E-state index in [1.807, 2.05) is 10.9 Å². The SMILES string of the molecule is CCCn1cc(C(N)CCCc2ccccc2)cn1. The fourth-order valence-electron chi connectivity index (χ4n) is 2.26. The number of rotatable bonds is 7. The summed E-state index contributed by atoms with van der Waals surface area (Å²) in [6.45, 7) is 3.12. The standard InChI is InChI=1S/C16H23N3/c1-2-11-19-13-15(12-18-19)16(17)10-6-9-14-7-4-3-5-8-14/h3-5,7-8,12-13,16H,2,6,9-11,17H2,1H3. The van der Waals surface area contributed by atoms with Gasteiger partial charge in [-0.05, 0) is 31.2 Å². The Balaban J connectivity index is 1.78. The first-order chi connectivity index (χ1) is 9.29. The van der Waals surface area contributed by atoms with E-state index in [-0.39, 0.29) is 6.04 Å². The summed E-state index contributed by atoms with van der Waals surface area (Å²) in [5.74, 6) is 0. The Morgan fingerprint density at radius 3 is 2.79 bits per heavy atom. The number of aromatic nitrogens is 2. The summed E-state index contributed by atoms with van der Waals surface area (Å²) in [5, 5.41) is 4.33. The molecule has 1 aromatic carbocycles. The zero-order chi connectivity index (χ0) is 13.5. The number of nitrogens with two attached hydrogens (primary N) is 1. The zero-order valence-electron chi connectivity index (χ0n) is 11.6. The molecule has 1 atom stereocenters. The highest BCUT2D eigenvalue weighted by molar-refractivity contribution is 5.15. The quantitative estimate of drug-likeness (QED) is 0.827. The molecule has 3 heteroatoms. The largest absolute Gasteiger partial charge is 0.324 e. The van der Waals surface area contributed by atoms with Crippen LogP contribution in [0.2, 0.25) is 0 Å². The van der Waals surface area contributed by atoms with E-state index in [1.54, 1.807) is 0 Å². The Morgan fingerprint density at radius 1 is 1.26 bits per heavy atom. The molecule has 0 amide bonds. The number of hydrogen-bond acceptors (Lipinski definition) is 2. The molecule has 19 heavy (non-hydrogen) atoms. The van der Waals surface area contributed by atoms with E-state index in [0.717, 1.165) is 37.8 Å². The summed E-state index contributed by atoms with van der Waals surface area (Å²) in [6, 6.07) is 10.7. The molecule has 1 aromatic heterocycles. The minimum absolute atomic E-state index is 0.106. The Morgan fingerprint density at radius 2 is 2.05 bits per heavy atom. The van der Waals surface area contributed by atoms with Crippen LogP contribution >= 0.6 is 0 Å². The van der Waals surface area contributed by atoms with Crippen molar-refractivity contribution in [2.24, 2.45) is 5.73 Å². The molecule has 0 radical (unpaired) electrons. The molecule has 0 spiro atoms. The van der Waals surface area contributed by atoms with E-state index in [1.165, 1.54) is 5.56 Å². The first-order valence-electron chi connectivity index (χ1n) is 7.11. The number of hydrogen-bond donors (Lipinski definition) is 1. The number of benzene rings is 1. The van der Waals surface area contributed by atoms with Gasteiger partial charge in [0.15, 0.2) is 0 Å². The summed E-state index contributed by atoms with van der Waals surface area (Å²) in [6.07, 6.45) is 8.30. The third kappa shape index (κ3) is 4.21. The van der Waals surface area contributed by atoms with Gasteiger partial charge in [-0.1, -0.05) is 37.3 Å². The summed E-state index contributed by atoms with van der Waals surface area (Å²) in [4.78, 5) is 0. The molecule has 0 fully saturated rings. The van der Waals surface area contributed by atoms with E-state index in [0.29, 0.717) is 0 Å². The van der Waals surface area contributed by atoms with Crippen LogP contribution in [0.25, 0.3) is 0 Å². The first kappa shape index (κ1) is 13.8. The van der Waals surface area contributed by atoms with Gasteiger partial charge >= 0.3 is 0 Å². The molecule has 1 heterocycles. The molecular weight excluding hydrogens is 234 g/mol. The molecule has 0 bridgehead atoms. The molecule has 1 unspecified atom stereocenters. The van der Waals surface area contributed by atoms with Crippen molar-refractivity contribution in [3.05, 3.63) is 53.9 Å². The van der Waals surface area contributed by atoms with Gasteiger partial charge in [0.1, 0.15) is 0 Å². The number of nitrogens with zero attached hydrogens (tertiary/aromatic N) is 2. The lowest BCUT2D eigenvalue weighted by molar-refractivity contribution is 0.593. The second kappa shape index (κ2) is 7.10. The third-order valence-corrected chi connectivity index (χ3v) is 3.36. The first-order valence-corrected chi connectivity index (χ1v) is 7.11. The van der Waals surface area contributed by atoms with Crippen LogP contribution in [0.5, 0.6) is 0 Å². The molecule has 0 aliphatic rings. The average molecular weight is 257 g/mol. The monoisotopic (exact) mass is 257 g/mol. The van der Waals surface area contributed by atoms with Crippen molar-refractivity contribution in [1.82, 2.24) is 9.78 Å². The predicted molar refractivity (Wildman–Crippen MR) is 78.8 cm³/mol. The lowest BCUT2D eigenvalue weighted by Gasteiger charge is -2.09. The highest BCUT2D eigenvalue weighted by atomic mass is 15.3. The van der Waals surface area contributed by atoms with Crippen molar-refractivity contribution in [1.29, 1.82) is 0 Å². The zero-order valence-corrected chi connectivity index (χ0v) is 11.6. The highest BCUT2D eigenvalue weighted by Gasteiger charge is 2.08. The molecule has 2 aromatic rings. The Labute approximate surface area is 115 Å². The van der Waals surface area contributed by atoms with Crippen molar-refractivity contribution < 1.29 is 0 Å². The van der Waals surface area contributed by atoms with Crippen molar-refractivity contribution in [2.75, 3.05) is 0 Å². The average Bonchev–Trinajstić information content (AvgIpc) is 2.89. The molecular formula is C16H23N3. The molecule has 102 valence electrons. The Kier molecular flexibility index (Phi) is 5.16. The van der Waals surface area contributed by atoms with E-state index in [4.69, 9.17) is 5.73 Å². The van der Waals surface area contributed by atoms with E-state index in [9.17, 15) is 0 Å². The predicted octanol–water partition coefficient (Wildman–Crippen LogP) is 3.32. The van der Waals surface area contributed by atoms with Gasteiger partial charge in [0.25, 0.3) is 0 Å². The van der Waals surface area contributed by atoms with Gasteiger partial charge in [-0.2, -0.15) is 5.10 Å². The summed E-state index contributed by atoms with van der Waals surface area (Å²) >= 11 is 0. The van der Waals surface area contributed by atoms with Crippen LogP contribution in [0.1, 0.15) is 43.4 Å². The van der Waals surface area contributed by atoms with Gasteiger partial charge in [0.2, 0.25) is 0 Å². The summed E-state index contributed by atoms with van der Waals surface area (Å²) in [5.41, 5.74) is 8.76. The van der Waals surface area contributed by atoms with Crippen LogP contribution in [0.4, 0.5) is 0 Å². The van der Waals surface area contributed by atoms with Gasteiger partial charge in [0.05, 0.1) is 6.20 Å². The van der Waals surface area contributed by atoms with E-state index in [2.05, 4.69) is 48.6 Å². The number of aryl methyl sites for hydroxylation is 2. The minimum Gasteiger partial charge on any atom is -0.324 e. The van der Waals surface area contributed by atoms with Gasteiger partial charge in [-0.25, -0.2) is 0 Å². The third-order valence-electron chi connectivity index (χ3n) is 3.36. The molecule has 3 nitrogen and oxygen atoms in total. The van der Waals surface area contributed by atoms with Crippen LogP contribution in [-0.4, -0.2) is 9.78 Å². The maximum atomic E-state index is 6.22. The summed E-state index contributed by atoms with van der Waals surface area (Å²) < 4.78 is 1.98. The van der Waals surface area contributed by atoms with Crippen molar-refractivity contribution in [3.63, 3.8) is 0 Å². The van der Waals surface area contributed by atoms with E-state index >= 15 is 0 Å². The van der Waals surface area contributed by atoms with Crippen molar-refractivity contribution in [2.45, 2.75) is 45.2 Å². The lowest BCUT2D eigenvalue weighted by atomic mass is 10.0. The topological polar surface area (TPSA) is 43.8 Å². The van der Waals surface area contributed by atoms with Crippen molar-refractivity contribution >= 4 is 0 Å². The van der Waals surface area contributed by atoms with Gasteiger partial charge in [0, 0.05) is 24.3 Å². The van der Waals surface area contributed by atoms with Gasteiger partial charge in [-0.15, -0.1) is 0 Å². The fraction of sp³-hybridized carbons (Fsp3) is 0.438. The summed E-state index contributed by atoms with van der Waals surface area (Å²) in [7, 11) is 0. The Bertz CT molecular complexity index is 476. The molecule has 2 rings (SSSR count). The van der Waals surface area contributed by atoms with Crippen LogP contribution in [0.15, 0.2) is 42.7 Å². The van der Waals surface area contributed by atoms with Crippen LogP contribution in [-0.2, 0) is 13.0 Å². The maximum Gasteiger partial charge on any atom is 0.0537 e. The molecule has 0 aliphatic heterocycles. The maximum absolute atomic E-state index is 6.22. The smallest absolute Gasteiger partial charge is 0.0537 e. The minimum atomic E-state index is 0.106. The molecule has 2 N–H and O–H groups in total. The second-order valence-corrected chi connectivity index (χ2v) is 5.02. The van der Waals surface area contributed by atoms with Gasteiger partial charge in [-0.3, -0.25) is 4.68 Å². The van der Waals surface area contributed by atoms with Crippen LogP contribution in [0, 0.1) is 0 Å². The molecule has 0 aliphatic carbocycles. The highest BCUT2D eigenvalue weighted by Crippen LogP contribution is 2.16. The van der Waals surface area contributed by atoms with Crippen LogP contribution in [0.3, 0.4) is 0 Å². The molecule has 0 saturated heterocycles. The van der Waals surface area contributed by atoms with Gasteiger partial charge < -0.3 is 5.73 Å². The normalized spacial score (nSPS) is 12.5. The molecule has 0 saturated carbocycles. The van der Waals surface area contributed by atoms with Crippen molar-refractivity contribution in [3.8, 4) is 0 Å². The van der Waals surface area contributed by atoms with Crippen LogP contribution < -0.4 is 5.73 Å².